The lowest BCUT2D eigenvalue weighted by Gasteiger charge is -2.29. The number of carbonyl (C=O) groups excluding carboxylic acids is 1. The molecule has 0 amide bonds. The average Bonchev–Trinajstić information content (AvgIpc) is 3.01. The number of imidazole rings is 1. The largest absolute Gasteiger partial charge is 0.419 e. The van der Waals surface area contributed by atoms with Gasteiger partial charge in [0, 0.05) is 38.5 Å². The van der Waals surface area contributed by atoms with Crippen molar-refractivity contribution >= 4 is 21.7 Å². The highest BCUT2D eigenvalue weighted by Crippen LogP contribution is 2.30. The second-order valence-corrected chi connectivity index (χ2v) is 8.59. The molecule has 1 aliphatic heterocycles. The lowest BCUT2D eigenvalue weighted by Crippen LogP contribution is -2.41. The van der Waals surface area contributed by atoms with Gasteiger partial charge >= 0.3 is 11.7 Å². The van der Waals surface area contributed by atoms with Crippen molar-refractivity contribution in [3.05, 3.63) is 46.2 Å². The first-order chi connectivity index (χ1) is 13.6. The summed E-state index contributed by atoms with van der Waals surface area (Å²) in [4.78, 5) is 26.7. The lowest BCUT2D eigenvalue weighted by atomic mass is 9.98. The van der Waals surface area contributed by atoms with Crippen LogP contribution in [0.25, 0.3) is 0 Å². The Morgan fingerprint density at radius 2 is 2.00 bits per heavy atom. The van der Waals surface area contributed by atoms with Crippen LogP contribution in [0.5, 0.6) is 5.75 Å². The lowest BCUT2D eigenvalue weighted by molar-refractivity contribution is -0.385. The highest BCUT2D eigenvalue weighted by Gasteiger charge is 2.35. The molecule has 156 valence electrons. The molecule has 0 aliphatic carbocycles. The topological polar surface area (TPSA) is 125 Å². The number of hydrogen-bond acceptors (Lipinski definition) is 7. The smallest absolute Gasteiger partial charge is 0.314 e. The van der Waals surface area contributed by atoms with Crippen molar-refractivity contribution < 1.29 is 27.3 Å². The molecule has 2 heterocycles. The zero-order valence-corrected chi connectivity index (χ0v) is 16.6. The van der Waals surface area contributed by atoms with Crippen molar-refractivity contribution in [2.24, 2.45) is 13.0 Å². The molecule has 1 aromatic carbocycles. The SMILES string of the molecule is Cc1nc(S(=O)(=O)N2CCC(C(=O)Oc3cc(F)ccc3[N+](=O)[O-])CC2)cn1C. The van der Waals surface area contributed by atoms with Crippen LogP contribution in [0.3, 0.4) is 0 Å². The molecule has 10 nitrogen and oxygen atoms in total. The maximum Gasteiger partial charge on any atom is 0.314 e. The highest BCUT2D eigenvalue weighted by atomic mass is 32.2. The molecule has 0 radical (unpaired) electrons. The van der Waals surface area contributed by atoms with Gasteiger partial charge in [0.1, 0.15) is 11.6 Å². The van der Waals surface area contributed by atoms with Crippen LogP contribution in [0, 0.1) is 28.8 Å². The van der Waals surface area contributed by atoms with Crippen LogP contribution in [0.4, 0.5) is 10.1 Å². The molecule has 29 heavy (non-hydrogen) atoms. The Balaban J connectivity index is 1.67. The number of piperidine rings is 1. The first-order valence-corrected chi connectivity index (χ1v) is 10.2. The van der Waals surface area contributed by atoms with Gasteiger partial charge in [0.05, 0.1) is 10.8 Å². The van der Waals surface area contributed by atoms with Crippen LogP contribution in [0.2, 0.25) is 0 Å². The summed E-state index contributed by atoms with van der Waals surface area (Å²) in [6.45, 7) is 1.83. The Bertz CT molecular complexity index is 1040. The molecule has 1 saturated heterocycles. The van der Waals surface area contributed by atoms with Crippen molar-refractivity contribution in [2.45, 2.75) is 24.8 Å². The molecule has 0 bridgehead atoms. The molecule has 0 saturated carbocycles. The number of nitro groups is 1. The molecular formula is C17H19FN4O6S. The Hall–Kier alpha value is -2.86. The molecule has 1 aromatic heterocycles. The van der Waals surface area contributed by atoms with Gasteiger partial charge in [0.15, 0.2) is 5.03 Å². The van der Waals surface area contributed by atoms with Gasteiger partial charge in [-0.1, -0.05) is 0 Å². The predicted octanol–water partition coefficient (Wildman–Crippen LogP) is 1.78. The summed E-state index contributed by atoms with van der Waals surface area (Å²) in [5.41, 5.74) is -0.523. The molecule has 3 rings (SSSR count). The molecule has 2 aromatic rings. The summed E-state index contributed by atoms with van der Waals surface area (Å²) < 4.78 is 46.7. The fourth-order valence-corrected chi connectivity index (χ4v) is 4.52. The number of esters is 1. The summed E-state index contributed by atoms with van der Waals surface area (Å²) in [7, 11) is -2.10. The van der Waals surface area contributed by atoms with E-state index in [-0.39, 0.29) is 31.0 Å². The van der Waals surface area contributed by atoms with E-state index < -0.39 is 44.1 Å². The van der Waals surface area contributed by atoms with Crippen molar-refractivity contribution in [3.8, 4) is 5.75 Å². The summed E-state index contributed by atoms with van der Waals surface area (Å²) in [6, 6.07) is 2.60. The maximum absolute atomic E-state index is 13.4. The monoisotopic (exact) mass is 426 g/mol. The van der Waals surface area contributed by atoms with Gasteiger partial charge in [-0.15, -0.1) is 0 Å². The minimum Gasteiger partial charge on any atom is -0.419 e. The quantitative estimate of drug-likeness (QED) is 0.309. The second-order valence-electron chi connectivity index (χ2n) is 6.71. The van der Waals surface area contributed by atoms with Gasteiger partial charge in [0.2, 0.25) is 5.75 Å². The van der Waals surface area contributed by atoms with E-state index in [1.165, 1.54) is 10.5 Å². The number of nitrogens with zero attached hydrogens (tertiary/aromatic N) is 4. The highest BCUT2D eigenvalue weighted by molar-refractivity contribution is 7.89. The fraction of sp³-hybridized carbons (Fsp3) is 0.412. The number of hydrogen-bond donors (Lipinski definition) is 0. The number of rotatable bonds is 5. The predicted molar refractivity (Wildman–Crippen MR) is 98.1 cm³/mol. The van der Waals surface area contributed by atoms with Crippen LogP contribution in [0.1, 0.15) is 18.7 Å². The molecule has 0 atom stereocenters. The van der Waals surface area contributed by atoms with Gasteiger partial charge < -0.3 is 9.30 Å². The number of sulfonamides is 1. The molecule has 1 fully saturated rings. The van der Waals surface area contributed by atoms with Crippen LogP contribution < -0.4 is 4.74 Å². The van der Waals surface area contributed by atoms with E-state index in [0.29, 0.717) is 5.82 Å². The fourth-order valence-electron chi connectivity index (χ4n) is 3.03. The Morgan fingerprint density at radius 1 is 1.34 bits per heavy atom. The number of nitro benzene ring substituents is 1. The molecule has 1 aliphatic rings. The number of benzene rings is 1. The van der Waals surface area contributed by atoms with Crippen LogP contribution in [-0.4, -0.2) is 46.3 Å². The zero-order chi connectivity index (χ0) is 21.3. The summed E-state index contributed by atoms with van der Waals surface area (Å²) >= 11 is 0. The number of carbonyl (C=O) groups is 1. The number of ether oxygens (including phenoxy) is 1. The molecule has 12 heteroatoms. The van der Waals surface area contributed by atoms with E-state index in [9.17, 15) is 27.7 Å². The number of aromatic nitrogens is 2. The molecule has 0 unspecified atom stereocenters. The van der Waals surface area contributed by atoms with E-state index in [0.717, 1.165) is 18.2 Å². The van der Waals surface area contributed by atoms with Gasteiger partial charge in [-0.25, -0.2) is 17.8 Å². The first-order valence-electron chi connectivity index (χ1n) is 8.75. The van der Waals surface area contributed by atoms with Crippen LogP contribution >= 0.6 is 0 Å². The third-order valence-electron chi connectivity index (χ3n) is 4.81. The van der Waals surface area contributed by atoms with Gasteiger partial charge in [-0.2, -0.15) is 4.31 Å². The van der Waals surface area contributed by atoms with Gasteiger partial charge in [0.25, 0.3) is 10.0 Å². The Morgan fingerprint density at radius 3 is 2.55 bits per heavy atom. The van der Waals surface area contributed by atoms with Crippen molar-refractivity contribution in [1.82, 2.24) is 13.9 Å². The minimum atomic E-state index is -3.78. The number of aryl methyl sites for hydroxylation is 2. The normalized spacial score (nSPS) is 16.0. The van der Waals surface area contributed by atoms with Crippen molar-refractivity contribution in [2.75, 3.05) is 13.1 Å². The summed E-state index contributed by atoms with van der Waals surface area (Å²) in [6.07, 6.45) is 1.77. The standard InChI is InChI=1S/C17H19FN4O6S/c1-11-19-16(10-20(11)2)29(26,27)21-7-5-12(6-8-21)17(23)28-15-9-13(18)3-4-14(15)22(24)25/h3-4,9-10,12H,5-8H2,1-2H3. The molecule has 0 spiro atoms. The van der Waals surface area contributed by atoms with Crippen LogP contribution in [0.15, 0.2) is 29.4 Å². The Labute approximate surface area is 166 Å². The maximum atomic E-state index is 13.4. The van der Waals surface area contributed by atoms with E-state index in [2.05, 4.69) is 4.98 Å². The van der Waals surface area contributed by atoms with Crippen molar-refractivity contribution in [1.29, 1.82) is 0 Å². The second kappa shape index (κ2) is 7.87. The van der Waals surface area contributed by atoms with Crippen LogP contribution in [-0.2, 0) is 21.9 Å². The molecular weight excluding hydrogens is 407 g/mol. The zero-order valence-electron chi connectivity index (χ0n) is 15.7. The minimum absolute atomic E-state index is 0.0612. The molecule has 0 N–H and O–H groups in total. The van der Waals surface area contributed by atoms with E-state index in [1.54, 1.807) is 18.5 Å². The van der Waals surface area contributed by atoms with E-state index >= 15 is 0 Å². The van der Waals surface area contributed by atoms with Gasteiger partial charge in [-0.3, -0.25) is 14.9 Å². The first kappa shape index (κ1) is 20.9. The van der Waals surface area contributed by atoms with Crippen molar-refractivity contribution in [3.63, 3.8) is 0 Å². The summed E-state index contributed by atoms with van der Waals surface area (Å²) in [5, 5.41) is 11.0. The van der Waals surface area contributed by atoms with Gasteiger partial charge in [-0.05, 0) is 25.8 Å². The Kier molecular flexibility index (Phi) is 5.66. The van der Waals surface area contributed by atoms with E-state index in [1.807, 2.05) is 0 Å². The third-order valence-corrected chi connectivity index (χ3v) is 6.58. The third kappa shape index (κ3) is 4.27. The average molecular weight is 426 g/mol. The number of halogens is 1. The van der Waals surface area contributed by atoms with E-state index in [4.69, 9.17) is 4.74 Å². The summed E-state index contributed by atoms with van der Waals surface area (Å²) in [5.74, 6) is -2.11.